The number of piperidine rings is 1. The number of carbonyl (C=O) groups excluding carboxylic acids is 1. The minimum absolute atomic E-state index is 0.0940. The zero-order chi connectivity index (χ0) is 13.8. The molecule has 0 bridgehead atoms. The van der Waals surface area contributed by atoms with Gasteiger partial charge in [-0.25, -0.2) is 4.79 Å². The minimum Gasteiger partial charge on any atom is -0.393 e. The maximum Gasteiger partial charge on any atom is 0.321 e. The van der Waals surface area contributed by atoms with Gasteiger partial charge in [0.15, 0.2) is 0 Å². The van der Waals surface area contributed by atoms with E-state index in [1.54, 1.807) is 11.8 Å². The Morgan fingerprint density at radius 2 is 2.37 bits per heavy atom. The smallest absolute Gasteiger partial charge is 0.321 e. The molecule has 0 saturated carbocycles. The van der Waals surface area contributed by atoms with Gasteiger partial charge in [0.1, 0.15) is 0 Å². The summed E-state index contributed by atoms with van der Waals surface area (Å²) in [5.74, 6) is 0.182. The Labute approximate surface area is 121 Å². The summed E-state index contributed by atoms with van der Waals surface area (Å²) in [6.45, 7) is 3.17. The lowest BCUT2D eigenvalue weighted by atomic mass is 9.94. The molecule has 2 rings (SSSR count). The summed E-state index contributed by atoms with van der Waals surface area (Å²) < 4.78 is 0.936. The van der Waals surface area contributed by atoms with E-state index in [0.29, 0.717) is 6.54 Å². The maximum absolute atomic E-state index is 12.2. The predicted molar refractivity (Wildman–Crippen MR) is 79.1 cm³/mol. The van der Waals surface area contributed by atoms with Crippen molar-refractivity contribution in [2.45, 2.75) is 25.9 Å². The van der Waals surface area contributed by atoms with E-state index in [-0.39, 0.29) is 18.1 Å². The molecule has 104 valence electrons. The number of aliphatic hydroxyl groups excluding tert-OH is 1. The van der Waals surface area contributed by atoms with Gasteiger partial charge in [-0.1, -0.05) is 22.0 Å². The second-order valence-electron chi connectivity index (χ2n) is 5.03. The van der Waals surface area contributed by atoms with Gasteiger partial charge in [-0.15, -0.1) is 0 Å². The summed E-state index contributed by atoms with van der Waals surface area (Å²) in [7, 11) is 0. The van der Waals surface area contributed by atoms with Gasteiger partial charge in [0.25, 0.3) is 0 Å². The van der Waals surface area contributed by atoms with E-state index in [4.69, 9.17) is 0 Å². The molecule has 2 amide bonds. The van der Waals surface area contributed by atoms with Crippen LogP contribution in [0.4, 0.5) is 10.5 Å². The van der Waals surface area contributed by atoms with E-state index in [2.05, 4.69) is 21.2 Å². The first-order valence-electron chi connectivity index (χ1n) is 6.56. The summed E-state index contributed by atoms with van der Waals surface area (Å²) >= 11 is 3.38. The molecule has 1 aliphatic heterocycles. The van der Waals surface area contributed by atoms with Crippen LogP contribution in [0.15, 0.2) is 28.7 Å². The SMILES string of the molecule is CC(O)C1CCCN(C(=O)Nc2cccc(Br)c2)C1. The average molecular weight is 327 g/mol. The highest BCUT2D eigenvalue weighted by molar-refractivity contribution is 9.10. The number of amides is 2. The number of hydrogen-bond donors (Lipinski definition) is 2. The molecule has 1 aliphatic rings. The molecule has 2 N–H and O–H groups in total. The third-order valence-corrected chi connectivity index (χ3v) is 4.00. The van der Waals surface area contributed by atoms with Gasteiger partial charge in [-0.3, -0.25) is 0 Å². The van der Waals surface area contributed by atoms with Crippen LogP contribution in [-0.2, 0) is 0 Å². The van der Waals surface area contributed by atoms with Crippen molar-refractivity contribution in [3.8, 4) is 0 Å². The molecule has 5 heteroatoms. The highest BCUT2D eigenvalue weighted by atomic mass is 79.9. The highest BCUT2D eigenvalue weighted by Crippen LogP contribution is 2.21. The molecule has 1 aromatic carbocycles. The molecular formula is C14H19BrN2O2. The Bertz CT molecular complexity index is 451. The summed E-state index contributed by atoms with van der Waals surface area (Å²) in [6, 6.07) is 7.44. The summed E-state index contributed by atoms with van der Waals surface area (Å²) in [5.41, 5.74) is 0.776. The van der Waals surface area contributed by atoms with Crippen molar-refractivity contribution in [2.24, 2.45) is 5.92 Å². The summed E-state index contributed by atoms with van der Waals surface area (Å²) in [6.07, 6.45) is 1.57. The maximum atomic E-state index is 12.2. The molecule has 1 saturated heterocycles. The molecule has 4 nitrogen and oxygen atoms in total. The van der Waals surface area contributed by atoms with Gasteiger partial charge in [-0.05, 0) is 38.0 Å². The zero-order valence-electron chi connectivity index (χ0n) is 11.0. The quantitative estimate of drug-likeness (QED) is 0.877. The number of halogens is 1. The first-order chi connectivity index (χ1) is 9.06. The van der Waals surface area contributed by atoms with E-state index < -0.39 is 0 Å². The fourth-order valence-corrected chi connectivity index (χ4v) is 2.76. The summed E-state index contributed by atoms with van der Waals surface area (Å²) in [4.78, 5) is 13.9. The third kappa shape index (κ3) is 3.94. The molecule has 1 aromatic rings. The van der Waals surface area contributed by atoms with Crippen molar-refractivity contribution >= 4 is 27.6 Å². The highest BCUT2D eigenvalue weighted by Gasteiger charge is 2.26. The fourth-order valence-electron chi connectivity index (χ4n) is 2.36. The van der Waals surface area contributed by atoms with E-state index in [1.165, 1.54) is 0 Å². The predicted octanol–water partition coefficient (Wildman–Crippen LogP) is 3.07. The molecule has 1 heterocycles. The molecule has 2 atom stereocenters. The van der Waals surface area contributed by atoms with Crippen LogP contribution in [0.3, 0.4) is 0 Å². The number of rotatable bonds is 2. The van der Waals surface area contributed by atoms with Crippen LogP contribution in [0.5, 0.6) is 0 Å². The van der Waals surface area contributed by atoms with Crippen LogP contribution in [0.25, 0.3) is 0 Å². The number of hydrogen-bond acceptors (Lipinski definition) is 2. The Balaban J connectivity index is 1.96. The number of urea groups is 1. The molecule has 0 aromatic heterocycles. The van der Waals surface area contributed by atoms with E-state index in [9.17, 15) is 9.90 Å². The fraction of sp³-hybridized carbons (Fsp3) is 0.500. The van der Waals surface area contributed by atoms with Gasteiger partial charge < -0.3 is 15.3 Å². The lowest BCUT2D eigenvalue weighted by Crippen LogP contribution is -2.44. The van der Waals surface area contributed by atoms with Crippen LogP contribution in [0.2, 0.25) is 0 Å². The van der Waals surface area contributed by atoms with Crippen LogP contribution < -0.4 is 5.32 Å². The van der Waals surface area contributed by atoms with Gasteiger partial charge in [0.05, 0.1) is 6.10 Å². The van der Waals surface area contributed by atoms with Crippen molar-refractivity contribution < 1.29 is 9.90 Å². The molecular weight excluding hydrogens is 308 g/mol. The van der Waals surface area contributed by atoms with Crippen molar-refractivity contribution in [2.75, 3.05) is 18.4 Å². The average Bonchev–Trinajstić information content (AvgIpc) is 2.39. The number of carbonyl (C=O) groups is 1. The number of likely N-dealkylation sites (tertiary alicyclic amines) is 1. The number of aliphatic hydroxyl groups is 1. The molecule has 0 spiro atoms. The van der Waals surface area contributed by atoms with E-state index in [1.807, 2.05) is 24.3 Å². The Kier molecular flexibility index (Phi) is 4.82. The van der Waals surface area contributed by atoms with Gasteiger partial charge >= 0.3 is 6.03 Å². The van der Waals surface area contributed by atoms with Gasteiger partial charge in [-0.2, -0.15) is 0 Å². The number of benzene rings is 1. The first kappa shape index (κ1) is 14.3. The van der Waals surface area contributed by atoms with Crippen molar-refractivity contribution in [3.05, 3.63) is 28.7 Å². The number of nitrogens with one attached hydrogen (secondary N) is 1. The third-order valence-electron chi connectivity index (χ3n) is 3.50. The lowest BCUT2D eigenvalue weighted by Gasteiger charge is -2.34. The normalized spacial score (nSPS) is 21.0. The van der Waals surface area contributed by atoms with Crippen LogP contribution in [0, 0.1) is 5.92 Å². The molecule has 0 aliphatic carbocycles. The van der Waals surface area contributed by atoms with Gasteiger partial charge in [0.2, 0.25) is 0 Å². The van der Waals surface area contributed by atoms with Crippen LogP contribution in [-0.4, -0.2) is 35.2 Å². The van der Waals surface area contributed by atoms with Crippen molar-refractivity contribution in [1.29, 1.82) is 0 Å². The number of anilines is 1. The zero-order valence-corrected chi connectivity index (χ0v) is 12.6. The van der Waals surface area contributed by atoms with Crippen molar-refractivity contribution in [1.82, 2.24) is 4.90 Å². The molecule has 2 unspecified atom stereocenters. The first-order valence-corrected chi connectivity index (χ1v) is 7.35. The second-order valence-corrected chi connectivity index (χ2v) is 5.95. The largest absolute Gasteiger partial charge is 0.393 e. The molecule has 0 radical (unpaired) electrons. The Morgan fingerprint density at radius 1 is 1.58 bits per heavy atom. The standard InChI is InChI=1S/C14H19BrN2O2/c1-10(18)11-4-3-7-17(9-11)14(19)16-13-6-2-5-12(15)8-13/h2,5-6,8,10-11,18H,3-4,7,9H2,1H3,(H,16,19). The molecule has 1 fully saturated rings. The monoisotopic (exact) mass is 326 g/mol. The van der Waals surface area contributed by atoms with Crippen LogP contribution in [0.1, 0.15) is 19.8 Å². The minimum atomic E-state index is -0.360. The topological polar surface area (TPSA) is 52.6 Å². The van der Waals surface area contributed by atoms with Gasteiger partial charge in [0, 0.05) is 29.2 Å². The lowest BCUT2D eigenvalue weighted by molar-refractivity contribution is 0.0766. The van der Waals surface area contributed by atoms with E-state index >= 15 is 0 Å². The Hall–Kier alpha value is -1.07. The number of nitrogens with zero attached hydrogens (tertiary/aromatic N) is 1. The Morgan fingerprint density at radius 3 is 3.05 bits per heavy atom. The molecule has 19 heavy (non-hydrogen) atoms. The van der Waals surface area contributed by atoms with E-state index in [0.717, 1.165) is 29.5 Å². The van der Waals surface area contributed by atoms with Crippen LogP contribution >= 0.6 is 15.9 Å². The summed E-state index contributed by atoms with van der Waals surface area (Å²) in [5, 5.41) is 12.5. The van der Waals surface area contributed by atoms with Crippen molar-refractivity contribution in [3.63, 3.8) is 0 Å². The second kappa shape index (κ2) is 6.39.